The van der Waals surface area contributed by atoms with Gasteiger partial charge in [-0.1, -0.05) is 30.3 Å². The van der Waals surface area contributed by atoms with Crippen LogP contribution in [0, 0.1) is 6.92 Å². The molecular weight excluding hydrogens is 278 g/mol. The predicted molar refractivity (Wildman–Crippen MR) is 85.3 cm³/mol. The molecule has 0 radical (unpaired) electrons. The van der Waals surface area contributed by atoms with Crippen LogP contribution in [0.4, 0.5) is 4.79 Å². The van der Waals surface area contributed by atoms with Crippen LogP contribution in [0.25, 0.3) is 0 Å². The van der Waals surface area contributed by atoms with Crippen molar-refractivity contribution in [1.29, 1.82) is 0 Å². The Balaban J connectivity index is 1.69. The molecule has 2 amide bonds. The van der Waals surface area contributed by atoms with Crippen LogP contribution in [0.2, 0.25) is 0 Å². The number of urea groups is 1. The number of rotatable bonds is 6. The van der Waals surface area contributed by atoms with Gasteiger partial charge in [-0.2, -0.15) is 0 Å². The van der Waals surface area contributed by atoms with Crippen molar-refractivity contribution in [1.82, 2.24) is 15.6 Å². The molecule has 2 rings (SSSR count). The summed E-state index contributed by atoms with van der Waals surface area (Å²) in [4.78, 5) is 16.0. The van der Waals surface area contributed by atoms with E-state index in [1.807, 2.05) is 49.4 Å². The van der Waals surface area contributed by atoms with E-state index in [4.69, 9.17) is 5.11 Å². The lowest BCUT2D eigenvalue weighted by Gasteiger charge is -2.08. The lowest BCUT2D eigenvalue weighted by molar-refractivity contribution is 0.240. The lowest BCUT2D eigenvalue weighted by atomic mass is 10.1. The molecule has 3 N–H and O–H groups in total. The highest BCUT2D eigenvalue weighted by atomic mass is 16.3. The molecule has 0 spiro atoms. The number of aliphatic hydroxyl groups is 1. The van der Waals surface area contributed by atoms with Crippen LogP contribution < -0.4 is 10.6 Å². The fourth-order valence-corrected chi connectivity index (χ4v) is 2.06. The van der Waals surface area contributed by atoms with Gasteiger partial charge in [0.15, 0.2) is 0 Å². The van der Waals surface area contributed by atoms with Gasteiger partial charge >= 0.3 is 6.03 Å². The minimum atomic E-state index is -0.199. The zero-order valence-electron chi connectivity index (χ0n) is 12.7. The van der Waals surface area contributed by atoms with Crippen molar-refractivity contribution in [3.63, 3.8) is 0 Å². The van der Waals surface area contributed by atoms with Crippen molar-refractivity contribution in [3.05, 3.63) is 65.0 Å². The van der Waals surface area contributed by atoms with Gasteiger partial charge in [0.25, 0.3) is 0 Å². The van der Waals surface area contributed by atoms with Gasteiger partial charge in [0.1, 0.15) is 0 Å². The Hall–Kier alpha value is -2.40. The molecule has 116 valence electrons. The van der Waals surface area contributed by atoms with E-state index < -0.39 is 0 Å². The molecule has 0 atom stereocenters. The fraction of sp³-hybridized carbons (Fsp3) is 0.294. The minimum Gasteiger partial charge on any atom is -0.392 e. The fourth-order valence-electron chi connectivity index (χ4n) is 2.06. The van der Waals surface area contributed by atoms with E-state index in [0.717, 1.165) is 28.9 Å². The van der Waals surface area contributed by atoms with Gasteiger partial charge in [0.2, 0.25) is 0 Å². The average molecular weight is 299 g/mol. The Kier molecular flexibility index (Phi) is 5.91. The summed E-state index contributed by atoms with van der Waals surface area (Å²) in [7, 11) is 0. The number of carbonyl (C=O) groups is 1. The summed E-state index contributed by atoms with van der Waals surface area (Å²) in [6, 6.07) is 13.2. The number of aromatic nitrogens is 1. The first-order valence-corrected chi connectivity index (χ1v) is 7.30. The molecule has 0 bridgehead atoms. The van der Waals surface area contributed by atoms with Gasteiger partial charge in [0.05, 0.1) is 18.8 Å². The van der Waals surface area contributed by atoms with Crippen molar-refractivity contribution in [2.45, 2.75) is 26.5 Å². The van der Waals surface area contributed by atoms with E-state index in [1.54, 1.807) is 0 Å². The minimum absolute atomic E-state index is 0.0495. The number of benzene rings is 1. The molecule has 0 unspecified atom stereocenters. The van der Waals surface area contributed by atoms with Crippen LogP contribution in [0.3, 0.4) is 0 Å². The molecule has 0 aliphatic carbocycles. The average Bonchev–Trinajstić information content (AvgIpc) is 2.54. The van der Waals surface area contributed by atoms with Crippen LogP contribution in [-0.2, 0) is 19.6 Å². The maximum absolute atomic E-state index is 11.7. The number of nitrogens with one attached hydrogen (secondary N) is 2. The third-order valence-corrected chi connectivity index (χ3v) is 3.28. The summed E-state index contributed by atoms with van der Waals surface area (Å²) in [5.74, 6) is 0. The summed E-state index contributed by atoms with van der Waals surface area (Å²) in [6.45, 7) is 2.95. The summed E-state index contributed by atoms with van der Waals surface area (Å²) >= 11 is 0. The number of pyridine rings is 1. The number of nitrogens with zero attached hydrogens (tertiary/aromatic N) is 1. The summed E-state index contributed by atoms with van der Waals surface area (Å²) < 4.78 is 0. The number of hydrogen-bond donors (Lipinski definition) is 3. The Morgan fingerprint density at radius 3 is 2.50 bits per heavy atom. The molecule has 0 aliphatic heterocycles. The van der Waals surface area contributed by atoms with E-state index in [2.05, 4.69) is 15.6 Å². The van der Waals surface area contributed by atoms with Crippen LogP contribution in [-0.4, -0.2) is 22.7 Å². The standard InChI is InChI=1S/C17H21N3O2/c1-13-3-2-4-16(20-13)11-19-17(22)18-10-9-14-5-7-15(12-21)8-6-14/h2-8,21H,9-12H2,1H3,(H2,18,19,22). The SMILES string of the molecule is Cc1cccc(CNC(=O)NCCc2ccc(CO)cc2)n1. The van der Waals surface area contributed by atoms with Crippen molar-refractivity contribution in [3.8, 4) is 0 Å². The molecule has 1 aromatic carbocycles. The molecule has 5 nitrogen and oxygen atoms in total. The third kappa shape index (κ3) is 5.18. The second-order valence-corrected chi connectivity index (χ2v) is 5.10. The van der Waals surface area contributed by atoms with E-state index in [9.17, 15) is 4.79 Å². The number of hydrogen-bond acceptors (Lipinski definition) is 3. The van der Waals surface area contributed by atoms with Crippen molar-refractivity contribution < 1.29 is 9.90 Å². The lowest BCUT2D eigenvalue weighted by Crippen LogP contribution is -2.36. The first-order chi connectivity index (χ1) is 10.7. The topological polar surface area (TPSA) is 74.2 Å². The van der Waals surface area contributed by atoms with Crippen LogP contribution in [0.5, 0.6) is 0 Å². The number of aliphatic hydroxyl groups excluding tert-OH is 1. The van der Waals surface area contributed by atoms with Gasteiger partial charge in [0, 0.05) is 12.2 Å². The van der Waals surface area contributed by atoms with Gasteiger partial charge in [-0.25, -0.2) is 4.79 Å². The number of carbonyl (C=O) groups excluding carboxylic acids is 1. The Morgan fingerprint density at radius 2 is 1.82 bits per heavy atom. The van der Waals surface area contributed by atoms with E-state index >= 15 is 0 Å². The highest BCUT2D eigenvalue weighted by Crippen LogP contribution is 2.04. The van der Waals surface area contributed by atoms with Gasteiger partial charge < -0.3 is 15.7 Å². The largest absolute Gasteiger partial charge is 0.392 e. The number of amides is 2. The molecule has 1 heterocycles. The number of aryl methyl sites for hydroxylation is 1. The third-order valence-electron chi connectivity index (χ3n) is 3.28. The van der Waals surface area contributed by atoms with Crippen molar-refractivity contribution in [2.24, 2.45) is 0 Å². The Bertz CT molecular complexity index is 612. The van der Waals surface area contributed by atoms with Crippen LogP contribution in [0.15, 0.2) is 42.5 Å². The first kappa shape index (κ1) is 16.0. The van der Waals surface area contributed by atoms with E-state index in [1.165, 1.54) is 0 Å². The summed E-state index contributed by atoms with van der Waals surface area (Å²) in [6.07, 6.45) is 0.752. The van der Waals surface area contributed by atoms with Crippen LogP contribution >= 0.6 is 0 Å². The van der Waals surface area contributed by atoms with Gasteiger partial charge in [-0.15, -0.1) is 0 Å². The molecule has 0 fully saturated rings. The first-order valence-electron chi connectivity index (χ1n) is 7.30. The normalized spacial score (nSPS) is 10.3. The summed E-state index contributed by atoms with van der Waals surface area (Å²) in [5, 5.41) is 14.6. The Labute approximate surface area is 130 Å². The van der Waals surface area contributed by atoms with Gasteiger partial charge in [-0.3, -0.25) is 4.98 Å². The maximum atomic E-state index is 11.7. The zero-order valence-corrected chi connectivity index (χ0v) is 12.7. The van der Waals surface area contributed by atoms with Gasteiger partial charge in [-0.05, 0) is 36.6 Å². The monoisotopic (exact) mass is 299 g/mol. The second-order valence-electron chi connectivity index (χ2n) is 5.10. The highest BCUT2D eigenvalue weighted by Gasteiger charge is 2.01. The van der Waals surface area contributed by atoms with E-state index in [0.29, 0.717) is 13.1 Å². The molecule has 2 aromatic rings. The van der Waals surface area contributed by atoms with E-state index in [-0.39, 0.29) is 12.6 Å². The summed E-state index contributed by atoms with van der Waals surface area (Å²) in [5.41, 5.74) is 3.79. The molecule has 0 saturated heterocycles. The second kappa shape index (κ2) is 8.14. The quantitative estimate of drug-likeness (QED) is 0.763. The molecule has 1 aromatic heterocycles. The van der Waals surface area contributed by atoms with Crippen molar-refractivity contribution in [2.75, 3.05) is 6.54 Å². The maximum Gasteiger partial charge on any atom is 0.315 e. The molecule has 5 heteroatoms. The molecular formula is C17H21N3O2. The molecule has 22 heavy (non-hydrogen) atoms. The van der Waals surface area contributed by atoms with Crippen LogP contribution in [0.1, 0.15) is 22.5 Å². The molecule has 0 saturated carbocycles. The predicted octanol–water partition coefficient (Wildman–Crippen LogP) is 1.92. The molecule has 0 aliphatic rings. The zero-order chi connectivity index (χ0) is 15.8. The smallest absolute Gasteiger partial charge is 0.315 e. The van der Waals surface area contributed by atoms with Crippen molar-refractivity contribution >= 4 is 6.03 Å². The Morgan fingerprint density at radius 1 is 1.09 bits per heavy atom. The highest BCUT2D eigenvalue weighted by molar-refractivity contribution is 5.73.